The number of alkyl halides is 3. The molecule has 1 aliphatic rings. The Balaban J connectivity index is 1.62. The summed E-state index contributed by atoms with van der Waals surface area (Å²) in [6, 6.07) is 9.40. The van der Waals surface area contributed by atoms with E-state index in [-0.39, 0.29) is 36.7 Å². The van der Waals surface area contributed by atoms with Gasteiger partial charge in [-0.2, -0.15) is 13.2 Å². The van der Waals surface area contributed by atoms with Gasteiger partial charge in [-0.05, 0) is 54.8 Å². The number of carbonyl (C=O) groups excluding carboxylic acids is 1. The molecule has 1 amide bonds. The van der Waals surface area contributed by atoms with Crippen LogP contribution in [0.25, 0.3) is 0 Å². The van der Waals surface area contributed by atoms with Crippen molar-refractivity contribution in [3.05, 3.63) is 63.6 Å². The summed E-state index contributed by atoms with van der Waals surface area (Å²) in [6.45, 7) is 0.336. The Morgan fingerprint density at radius 2 is 1.77 bits per heavy atom. The average Bonchev–Trinajstić information content (AvgIpc) is 3.18. The second-order valence-electron chi connectivity index (χ2n) is 7.06. The maximum absolute atomic E-state index is 13.0. The zero-order valence-electron chi connectivity index (χ0n) is 15.6. The van der Waals surface area contributed by atoms with Gasteiger partial charge in [0.25, 0.3) is 0 Å². The van der Waals surface area contributed by atoms with Crippen LogP contribution in [0.15, 0.2) is 47.4 Å². The number of amides is 1. The lowest BCUT2D eigenvalue weighted by Crippen LogP contribution is -2.32. The van der Waals surface area contributed by atoms with Crippen LogP contribution in [-0.4, -0.2) is 37.6 Å². The normalized spacial score (nSPS) is 17.4. The van der Waals surface area contributed by atoms with Crippen molar-refractivity contribution in [2.45, 2.75) is 35.6 Å². The van der Waals surface area contributed by atoms with Crippen LogP contribution in [0.1, 0.15) is 24.0 Å². The molecule has 0 N–H and O–H groups in total. The summed E-state index contributed by atoms with van der Waals surface area (Å²) in [5.41, 5.74) is -0.603. The highest BCUT2D eigenvalue weighted by atomic mass is 35.5. The molecule has 1 unspecified atom stereocenters. The van der Waals surface area contributed by atoms with Gasteiger partial charge in [0.1, 0.15) is 0 Å². The number of aryl methyl sites for hydroxylation is 1. The van der Waals surface area contributed by atoms with Gasteiger partial charge in [-0.1, -0.05) is 29.3 Å². The number of hydrogen-bond acceptors (Lipinski definition) is 3. The summed E-state index contributed by atoms with van der Waals surface area (Å²) < 4.78 is 64.4. The maximum atomic E-state index is 13.0. The van der Waals surface area contributed by atoms with Crippen LogP contribution in [0.3, 0.4) is 0 Å². The van der Waals surface area contributed by atoms with Crippen LogP contribution in [-0.2, 0) is 27.2 Å². The van der Waals surface area contributed by atoms with Gasteiger partial charge in [0.15, 0.2) is 9.84 Å². The molecule has 162 valence electrons. The van der Waals surface area contributed by atoms with Crippen molar-refractivity contribution in [2.24, 2.45) is 0 Å². The molecule has 1 atom stereocenters. The van der Waals surface area contributed by atoms with Crippen molar-refractivity contribution in [1.82, 2.24) is 4.90 Å². The number of halogens is 5. The molecular weight excluding hydrogens is 462 g/mol. The van der Waals surface area contributed by atoms with Gasteiger partial charge in [0, 0.05) is 24.5 Å². The zero-order valence-corrected chi connectivity index (χ0v) is 18.0. The molecule has 2 aromatic rings. The Bertz CT molecular complexity index is 1040. The smallest absolute Gasteiger partial charge is 0.341 e. The van der Waals surface area contributed by atoms with Gasteiger partial charge in [-0.15, -0.1) is 0 Å². The zero-order chi connectivity index (χ0) is 22.1. The number of rotatable bonds is 5. The fourth-order valence-electron chi connectivity index (χ4n) is 3.38. The molecule has 2 aromatic carbocycles. The SMILES string of the molecule is O=C(CCc1ccc(Cl)c(C(F)(F)F)c1)N1CCC(S(=O)(=O)c2ccc(Cl)cc2)C1. The third kappa shape index (κ3) is 5.10. The second-order valence-corrected chi connectivity index (χ2v) is 10.1. The Kier molecular flexibility index (Phi) is 6.69. The highest BCUT2D eigenvalue weighted by Crippen LogP contribution is 2.35. The fourth-order valence-corrected chi connectivity index (χ4v) is 5.42. The fraction of sp³-hybridized carbons (Fsp3) is 0.350. The lowest BCUT2D eigenvalue weighted by Gasteiger charge is -2.17. The van der Waals surface area contributed by atoms with Gasteiger partial charge < -0.3 is 4.90 Å². The molecule has 0 radical (unpaired) electrons. The number of hydrogen-bond donors (Lipinski definition) is 0. The summed E-state index contributed by atoms with van der Waals surface area (Å²) in [4.78, 5) is 14.1. The van der Waals surface area contributed by atoms with Gasteiger partial charge >= 0.3 is 6.18 Å². The molecule has 0 saturated carbocycles. The summed E-state index contributed by atoms with van der Waals surface area (Å²) in [7, 11) is -3.61. The first-order valence-electron chi connectivity index (χ1n) is 9.11. The van der Waals surface area contributed by atoms with E-state index in [9.17, 15) is 26.4 Å². The van der Waals surface area contributed by atoms with Crippen molar-refractivity contribution in [1.29, 1.82) is 0 Å². The topological polar surface area (TPSA) is 54.5 Å². The summed E-state index contributed by atoms with van der Waals surface area (Å²) in [5, 5.41) is -0.699. The molecule has 1 heterocycles. The van der Waals surface area contributed by atoms with Crippen LogP contribution in [0, 0.1) is 0 Å². The minimum atomic E-state index is -4.57. The molecule has 3 rings (SSSR count). The third-order valence-corrected chi connectivity index (χ3v) is 7.82. The standard InChI is InChI=1S/C20H18Cl2F3NO3S/c21-14-3-5-15(6-4-14)30(28,29)16-9-10-26(12-16)19(27)8-2-13-1-7-18(22)17(11-13)20(23,24)25/h1,3-7,11,16H,2,8-10,12H2. The van der Waals surface area contributed by atoms with E-state index >= 15 is 0 Å². The molecule has 1 aliphatic heterocycles. The van der Waals surface area contributed by atoms with Gasteiger partial charge in [-0.3, -0.25) is 4.79 Å². The lowest BCUT2D eigenvalue weighted by atomic mass is 10.1. The van der Waals surface area contributed by atoms with Crippen molar-refractivity contribution < 1.29 is 26.4 Å². The minimum Gasteiger partial charge on any atom is -0.341 e. The van der Waals surface area contributed by atoms with Crippen molar-refractivity contribution in [2.75, 3.05) is 13.1 Å². The molecule has 1 fully saturated rings. The summed E-state index contributed by atoms with van der Waals surface area (Å²) in [5.74, 6) is -0.299. The first-order valence-corrected chi connectivity index (χ1v) is 11.4. The van der Waals surface area contributed by atoms with Crippen LogP contribution < -0.4 is 0 Å². The number of nitrogens with zero attached hydrogens (tertiary/aromatic N) is 1. The molecule has 0 aromatic heterocycles. The van der Waals surface area contributed by atoms with E-state index < -0.39 is 31.8 Å². The van der Waals surface area contributed by atoms with E-state index in [1.807, 2.05) is 0 Å². The van der Waals surface area contributed by atoms with Gasteiger partial charge in [0.2, 0.25) is 5.91 Å². The quantitative estimate of drug-likeness (QED) is 0.604. The molecule has 30 heavy (non-hydrogen) atoms. The van der Waals surface area contributed by atoms with Crippen molar-refractivity contribution >= 4 is 38.9 Å². The van der Waals surface area contributed by atoms with Crippen molar-refractivity contribution in [3.8, 4) is 0 Å². The molecule has 0 bridgehead atoms. The van der Waals surface area contributed by atoms with E-state index in [1.54, 1.807) is 0 Å². The van der Waals surface area contributed by atoms with E-state index in [0.717, 1.165) is 12.1 Å². The van der Waals surface area contributed by atoms with Crippen LogP contribution in [0.2, 0.25) is 10.0 Å². The number of benzene rings is 2. The second kappa shape index (κ2) is 8.77. The van der Waals surface area contributed by atoms with Crippen LogP contribution in [0.4, 0.5) is 13.2 Å². The summed E-state index contributed by atoms with van der Waals surface area (Å²) >= 11 is 11.4. The predicted molar refractivity (Wildman–Crippen MR) is 108 cm³/mol. The van der Waals surface area contributed by atoms with Crippen molar-refractivity contribution in [3.63, 3.8) is 0 Å². The summed E-state index contributed by atoms with van der Waals surface area (Å²) in [6.07, 6.45) is -4.19. The van der Waals surface area contributed by atoms with Gasteiger partial charge in [0.05, 0.1) is 20.7 Å². The first kappa shape index (κ1) is 22.9. The van der Waals surface area contributed by atoms with Crippen LogP contribution >= 0.6 is 23.2 Å². The number of likely N-dealkylation sites (tertiary alicyclic amines) is 1. The van der Waals surface area contributed by atoms with E-state index in [0.29, 0.717) is 17.0 Å². The lowest BCUT2D eigenvalue weighted by molar-refractivity contribution is -0.137. The average molecular weight is 480 g/mol. The molecule has 4 nitrogen and oxygen atoms in total. The van der Waals surface area contributed by atoms with Crippen LogP contribution in [0.5, 0.6) is 0 Å². The van der Waals surface area contributed by atoms with E-state index in [1.165, 1.54) is 35.2 Å². The van der Waals surface area contributed by atoms with E-state index in [4.69, 9.17) is 23.2 Å². The molecule has 1 saturated heterocycles. The molecule has 10 heteroatoms. The number of carbonyl (C=O) groups is 1. The Labute approximate surface area is 182 Å². The Morgan fingerprint density at radius 1 is 1.10 bits per heavy atom. The Hall–Kier alpha value is -1.77. The first-order chi connectivity index (χ1) is 14.0. The molecule has 0 aliphatic carbocycles. The Morgan fingerprint density at radius 3 is 2.40 bits per heavy atom. The monoisotopic (exact) mass is 479 g/mol. The maximum Gasteiger partial charge on any atom is 0.417 e. The predicted octanol–water partition coefficient (Wildman–Crippen LogP) is 5.02. The number of sulfone groups is 1. The highest BCUT2D eigenvalue weighted by molar-refractivity contribution is 7.92. The minimum absolute atomic E-state index is 0.0212. The van der Waals surface area contributed by atoms with Gasteiger partial charge in [-0.25, -0.2) is 8.42 Å². The van der Waals surface area contributed by atoms with E-state index in [2.05, 4.69) is 0 Å². The molecular formula is C20H18Cl2F3NO3S. The largest absolute Gasteiger partial charge is 0.417 e. The molecule has 0 spiro atoms. The highest BCUT2D eigenvalue weighted by Gasteiger charge is 2.36. The third-order valence-electron chi connectivity index (χ3n) is 5.04.